The summed E-state index contributed by atoms with van der Waals surface area (Å²) in [6.07, 6.45) is 3.17. The molecule has 1 amide bonds. The third kappa shape index (κ3) is 5.18. The number of carbonyl (C=O) groups is 1. The summed E-state index contributed by atoms with van der Waals surface area (Å²) < 4.78 is 36.2. The minimum Gasteiger partial charge on any atom is -0.439 e. The molecule has 2 aromatic heterocycles. The van der Waals surface area contributed by atoms with Gasteiger partial charge in [-0.3, -0.25) is 14.2 Å². The highest BCUT2D eigenvalue weighted by molar-refractivity contribution is 6.04. The number of nitrogens with one attached hydrogen (secondary N) is 2. The zero-order valence-corrected chi connectivity index (χ0v) is 21.1. The van der Waals surface area contributed by atoms with Crippen LogP contribution in [-0.2, 0) is 13.0 Å². The van der Waals surface area contributed by atoms with Crippen molar-refractivity contribution in [3.63, 3.8) is 0 Å². The second kappa shape index (κ2) is 10.6. The van der Waals surface area contributed by atoms with Crippen LogP contribution in [0, 0.1) is 11.6 Å². The van der Waals surface area contributed by atoms with E-state index in [9.17, 15) is 18.8 Å². The summed E-state index contributed by atoms with van der Waals surface area (Å²) in [5, 5.41) is 5.60. The van der Waals surface area contributed by atoms with E-state index < -0.39 is 40.4 Å². The largest absolute Gasteiger partial charge is 0.439 e. The van der Waals surface area contributed by atoms with Crippen molar-refractivity contribution in [3.05, 3.63) is 104 Å². The Morgan fingerprint density at radius 1 is 1.10 bits per heavy atom. The summed E-state index contributed by atoms with van der Waals surface area (Å²) in [6, 6.07) is 8.16. The number of anilines is 1. The molecule has 0 fully saturated rings. The van der Waals surface area contributed by atoms with E-state index in [0.717, 1.165) is 46.8 Å². The van der Waals surface area contributed by atoms with Gasteiger partial charge < -0.3 is 15.4 Å². The standard InChI is InChI=1S/C27H24F2N6O4/c1-15(2)34-13-20(26(37)35(27(34)38)17-5-3-16(28)4-6-17)24(36)33-22-8-7-18(11-21(22)29)39-25-19-9-10-30-12-23(19)31-14-32-25/h3-8,11,13-15,30H,9-10,12H2,1-2H3,(H,33,36). The van der Waals surface area contributed by atoms with Crippen molar-refractivity contribution in [2.24, 2.45) is 0 Å². The Bertz CT molecular complexity index is 1680. The fourth-order valence-corrected chi connectivity index (χ4v) is 4.22. The monoisotopic (exact) mass is 534 g/mol. The molecule has 0 aliphatic carbocycles. The van der Waals surface area contributed by atoms with E-state index in [-0.39, 0.29) is 17.1 Å². The Hall–Kier alpha value is -4.71. The van der Waals surface area contributed by atoms with Gasteiger partial charge in [0.15, 0.2) is 0 Å². The van der Waals surface area contributed by atoms with Crippen LogP contribution in [-0.4, -0.2) is 31.6 Å². The molecule has 0 unspecified atom stereocenters. The Morgan fingerprint density at radius 3 is 2.59 bits per heavy atom. The number of halogens is 2. The van der Waals surface area contributed by atoms with Gasteiger partial charge >= 0.3 is 5.69 Å². The van der Waals surface area contributed by atoms with Crippen molar-refractivity contribution in [1.82, 2.24) is 24.4 Å². The van der Waals surface area contributed by atoms with Crippen molar-refractivity contribution in [1.29, 1.82) is 0 Å². The molecule has 2 N–H and O–H groups in total. The van der Waals surface area contributed by atoms with Crippen LogP contribution in [0.5, 0.6) is 11.6 Å². The number of hydrogen-bond donors (Lipinski definition) is 2. The van der Waals surface area contributed by atoms with Crippen LogP contribution in [0.3, 0.4) is 0 Å². The Balaban J connectivity index is 1.44. The topological polar surface area (TPSA) is 120 Å². The number of benzene rings is 2. The summed E-state index contributed by atoms with van der Waals surface area (Å²) >= 11 is 0. The van der Waals surface area contributed by atoms with Crippen molar-refractivity contribution in [2.75, 3.05) is 11.9 Å². The van der Waals surface area contributed by atoms with Gasteiger partial charge in [0, 0.05) is 30.4 Å². The maximum Gasteiger partial charge on any atom is 0.335 e. The lowest BCUT2D eigenvalue weighted by Gasteiger charge is -2.18. The van der Waals surface area contributed by atoms with Crippen LogP contribution in [0.15, 0.2) is 64.6 Å². The van der Waals surface area contributed by atoms with Gasteiger partial charge in [0.05, 0.1) is 17.1 Å². The van der Waals surface area contributed by atoms with E-state index in [2.05, 4.69) is 20.6 Å². The second-order valence-corrected chi connectivity index (χ2v) is 9.17. The zero-order valence-electron chi connectivity index (χ0n) is 21.1. The van der Waals surface area contributed by atoms with Crippen LogP contribution >= 0.6 is 0 Å². The lowest BCUT2D eigenvalue weighted by Crippen LogP contribution is -2.42. The van der Waals surface area contributed by atoms with Gasteiger partial charge in [0.1, 0.15) is 29.3 Å². The summed E-state index contributed by atoms with van der Waals surface area (Å²) in [4.78, 5) is 47.7. The summed E-state index contributed by atoms with van der Waals surface area (Å²) in [7, 11) is 0. The molecular formula is C27H24F2N6O4. The quantitative estimate of drug-likeness (QED) is 0.389. The smallest absolute Gasteiger partial charge is 0.335 e. The average molecular weight is 535 g/mol. The van der Waals surface area contributed by atoms with Crippen molar-refractivity contribution in [3.8, 4) is 17.3 Å². The number of fused-ring (bicyclic) bond motifs is 1. The molecule has 4 aromatic rings. The number of carbonyl (C=O) groups excluding carboxylic acids is 1. The summed E-state index contributed by atoms with van der Waals surface area (Å²) in [6.45, 7) is 4.72. The Labute approximate surface area is 220 Å². The SMILES string of the molecule is CC(C)n1cc(C(=O)Nc2ccc(Oc3ncnc4c3CCNC4)cc2F)c(=O)n(-c2ccc(F)cc2)c1=O. The molecule has 0 spiro atoms. The highest BCUT2D eigenvalue weighted by Gasteiger charge is 2.22. The average Bonchev–Trinajstić information content (AvgIpc) is 2.91. The molecule has 0 atom stereocenters. The van der Waals surface area contributed by atoms with Crippen LogP contribution in [0.4, 0.5) is 14.5 Å². The van der Waals surface area contributed by atoms with E-state index in [0.29, 0.717) is 18.8 Å². The molecule has 1 aliphatic rings. The molecular weight excluding hydrogens is 510 g/mol. The first-order chi connectivity index (χ1) is 18.7. The maximum atomic E-state index is 15.0. The van der Waals surface area contributed by atoms with Gasteiger partial charge in [-0.15, -0.1) is 0 Å². The number of ether oxygens (including phenoxy) is 1. The zero-order chi connectivity index (χ0) is 27.7. The lowest BCUT2D eigenvalue weighted by atomic mass is 10.1. The molecule has 2 aromatic carbocycles. The van der Waals surface area contributed by atoms with E-state index in [1.54, 1.807) is 13.8 Å². The molecule has 12 heteroatoms. The Kier molecular flexibility index (Phi) is 7.03. The van der Waals surface area contributed by atoms with Gasteiger partial charge in [-0.1, -0.05) is 0 Å². The van der Waals surface area contributed by atoms with E-state index >= 15 is 4.39 Å². The number of rotatable bonds is 6. The molecule has 10 nitrogen and oxygen atoms in total. The number of aromatic nitrogens is 4. The molecule has 200 valence electrons. The molecule has 3 heterocycles. The normalized spacial score (nSPS) is 12.7. The third-order valence-electron chi connectivity index (χ3n) is 6.24. The highest BCUT2D eigenvalue weighted by Crippen LogP contribution is 2.29. The molecule has 0 saturated heterocycles. The maximum absolute atomic E-state index is 15.0. The molecule has 0 saturated carbocycles. The van der Waals surface area contributed by atoms with Gasteiger partial charge in [-0.2, -0.15) is 0 Å². The van der Waals surface area contributed by atoms with Crippen molar-refractivity contribution >= 4 is 11.6 Å². The molecule has 0 radical (unpaired) electrons. The van der Waals surface area contributed by atoms with Gasteiger partial charge in [0.25, 0.3) is 11.5 Å². The highest BCUT2D eigenvalue weighted by atomic mass is 19.1. The first-order valence-electron chi connectivity index (χ1n) is 12.2. The fraction of sp³-hybridized carbons (Fsp3) is 0.222. The Morgan fingerprint density at radius 2 is 1.87 bits per heavy atom. The number of nitrogens with zero attached hydrogens (tertiary/aromatic N) is 4. The number of hydrogen-bond acceptors (Lipinski definition) is 7. The number of amides is 1. The minimum absolute atomic E-state index is 0.0887. The second-order valence-electron chi connectivity index (χ2n) is 9.17. The molecule has 1 aliphatic heterocycles. The van der Waals surface area contributed by atoms with Gasteiger partial charge in [-0.25, -0.2) is 28.1 Å². The predicted molar refractivity (Wildman–Crippen MR) is 139 cm³/mol. The van der Waals surface area contributed by atoms with Gasteiger partial charge in [0.2, 0.25) is 5.88 Å². The van der Waals surface area contributed by atoms with E-state index in [1.165, 1.54) is 35.2 Å². The van der Waals surface area contributed by atoms with Crippen molar-refractivity contribution < 1.29 is 18.3 Å². The van der Waals surface area contributed by atoms with Crippen LogP contribution < -0.4 is 26.6 Å². The first kappa shape index (κ1) is 25.9. The molecule has 39 heavy (non-hydrogen) atoms. The molecule has 5 rings (SSSR count). The third-order valence-corrected chi connectivity index (χ3v) is 6.24. The van der Waals surface area contributed by atoms with E-state index in [4.69, 9.17) is 4.74 Å². The van der Waals surface area contributed by atoms with Crippen molar-refractivity contribution in [2.45, 2.75) is 32.9 Å². The predicted octanol–water partition coefficient (Wildman–Crippen LogP) is 3.34. The fourth-order valence-electron chi connectivity index (χ4n) is 4.22. The lowest BCUT2D eigenvalue weighted by molar-refractivity contribution is 0.102. The van der Waals surface area contributed by atoms with Crippen LogP contribution in [0.25, 0.3) is 5.69 Å². The minimum atomic E-state index is -0.926. The molecule has 0 bridgehead atoms. The van der Waals surface area contributed by atoms with Crippen LogP contribution in [0.2, 0.25) is 0 Å². The van der Waals surface area contributed by atoms with E-state index in [1.807, 2.05) is 0 Å². The summed E-state index contributed by atoms with van der Waals surface area (Å²) in [5.41, 5.74) is -0.481. The summed E-state index contributed by atoms with van der Waals surface area (Å²) in [5.74, 6) is -1.78. The first-order valence-corrected chi connectivity index (χ1v) is 12.2. The van der Waals surface area contributed by atoms with Gasteiger partial charge in [-0.05, 0) is 63.2 Å². The van der Waals surface area contributed by atoms with Crippen LogP contribution in [0.1, 0.15) is 41.5 Å².